The maximum Gasteiger partial charge on any atom is 0.161 e. The molecule has 1 aliphatic heterocycles. The van der Waals surface area contributed by atoms with Crippen molar-refractivity contribution in [3.8, 4) is 11.1 Å². The number of amidine groups is 1. The zero-order chi connectivity index (χ0) is 41.9. The third-order valence-corrected chi connectivity index (χ3v) is 14.5. The van der Waals surface area contributed by atoms with Gasteiger partial charge in [0, 0.05) is 70.6 Å². The summed E-state index contributed by atoms with van der Waals surface area (Å²) in [5, 5.41) is 11.8. The molecule has 0 bridgehead atoms. The number of furan rings is 1. The highest BCUT2D eigenvalue weighted by atomic mass is 32.1. The van der Waals surface area contributed by atoms with Gasteiger partial charge in [-0.05, 0) is 91.6 Å². The number of thiophene rings is 1. The number of benzene rings is 10. The highest BCUT2D eigenvalue weighted by Crippen LogP contribution is 2.54. The Hall–Kier alpha value is -8.14. The van der Waals surface area contributed by atoms with E-state index in [1.165, 1.54) is 64.0 Å². The molecule has 2 aliphatic rings. The van der Waals surface area contributed by atoms with Crippen LogP contribution in [0.15, 0.2) is 220 Å². The molecule has 0 saturated heterocycles. The van der Waals surface area contributed by atoms with E-state index in [1.54, 1.807) is 11.3 Å². The summed E-state index contributed by atoms with van der Waals surface area (Å²) in [7, 11) is 0. The van der Waals surface area contributed by atoms with E-state index in [2.05, 4.69) is 182 Å². The average molecular weight is 831 g/mol. The fourth-order valence-corrected chi connectivity index (χ4v) is 11.5. The van der Waals surface area contributed by atoms with Gasteiger partial charge in [-0.3, -0.25) is 0 Å². The Balaban J connectivity index is 1.06. The van der Waals surface area contributed by atoms with Gasteiger partial charge >= 0.3 is 0 Å². The van der Waals surface area contributed by atoms with Crippen LogP contribution >= 0.6 is 11.3 Å². The van der Waals surface area contributed by atoms with Crippen LogP contribution in [0.4, 0.5) is 0 Å². The van der Waals surface area contributed by atoms with Crippen molar-refractivity contribution in [1.29, 1.82) is 0 Å². The minimum absolute atomic E-state index is 0.109. The molecule has 0 N–H and O–H groups in total. The van der Waals surface area contributed by atoms with Crippen LogP contribution in [-0.4, -0.2) is 11.5 Å². The van der Waals surface area contributed by atoms with Gasteiger partial charge in [-0.15, -0.1) is 11.3 Å². The second-order valence-corrected chi connectivity index (χ2v) is 18.0. The van der Waals surface area contributed by atoms with Crippen LogP contribution in [0.2, 0.25) is 0 Å². The molecule has 3 nitrogen and oxygen atoms in total. The lowest BCUT2D eigenvalue weighted by molar-refractivity contribution is 0.665. The lowest BCUT2D eigenvalue weighted by Gasteiger charge is -2.17. The molecule has 1 aliphatic carbocycles. The summed E-state index contributed by atoms with van der Waals surface area (Å²) in [6, 6.07) is 70.1. The molecule has 2 aromatic heterocycles. The monoisotopic (exact) mass is 830 g/mol. The van der Waals surface area contributed by atoms with Gasteiger partial charge in [0.1, 0.15) is 16.9 Å². The fraction of sp³-hybridized carbons (Fsp3) is 0.0167. The van der Waals surface area contributed by atoms with Crippen molar-refractivity contribution >= 4 is 103 Å². The largest absolute Gasteiger partial charge is 0.455 e. The first-order valence-corrected chi connectivity index (χ1v) is 22.6. The maximum absolute atomic E-state index is 7.22. The maximum atomic E-state index is 7.22. The number of allylic oxidation sites excluding steroid dienone is 1. The van der Waals surface area contributed by atoms with E-state index in [0.717, 1.165) is 66.4 Å². The van der Waals surface area contributed by atoms with Crippen LogP contribution in [0.3, 0.4) is 0 Å². The van der Waals surface area contributed by atoms with Gasteiger partial charge in [-0.2, -0.15) is 0 Å². The third kappa shape index (κ3) is 5.34. The molecule has 0 radical (unpaired) electrons. The SMILES string of the molecule is C1=CC(c2cc(C3c4cc5ccccc5cc4-c4c3ccc3ccccc43)c3oc4c5ccccc5ccc4c3c2)=NC(c2ccc3c(c2)sc2ccccc23)=NC=1c1ccccc1. The summed E-state index contributed by atoms with van der Waals surface area (Å²) in [6.07, 6.45) is 2.02. The standard InChI is InChI=1S/C60H34N2OS/c1-2-14-37(15-3-1)52-28-29-53(62-60(61-52)40-24-25-45-44-20-10-11-21-54(44)64-55(45)34-40)41-32-50-46-26-22-36-13-7-9-19-43(36)58(46)63-59(50)51(33-41)57-47-27-23-35-12-6-8-18-42(35)56(47)48-30-38-16-4-5-17-39(38)31-49(48)57/h1-27,29-34,57H. The molecule has 0 fully saturated rings. The molecule has 0 saturated carbocycles. The average Bonchev–Trinajstić information content (AvgIpc) is 3.96. The van der Waals surface area contributed by atoms with Crippen LogP contribution in [0, 0.1) is 0 Å². The summed E-state index contributed by atoms with van der Waals surface area (Å²) in [5.74, 6) is 0.538. The molecule has 12 aromatic rings. The molecule has 0 spiro atoms. The lowest BCUT2D eigenvalue weighted by atomic mass is 9.85. The number of fused-ring (bicyclic) bond motifs is 14. The minimum atomic E-state index is -0.109. The Bertz CT molecular complexity index is 4120. The number of hydrogen-bond acceptors (Lipinski definition) is 4. The smallest absolute Gasteiger partial charge is 0.161 e. The molecule has 3 heterocycles. The van der Waals surface area contributed by atoms with Gasteiger partial charge < -0.3 is 4.42 Å². The van der Waals surface area contributed by atoms with Gasteiger partial charge in [-0.25, -0.2) is 9.98 Å². The molecule has 1 atom stereocenters. The van der Waals surface area contributed by atoms with Crippen LogP contribution in [0.25, 0.3) is 91.3 Å². The van der Waals surface area contributed by atoms with E-state index in [1.807, 2.05) is 24.3 Å². The van der Waals surface area contributed by atoms with Crippen LogP contribution in [0.1, 0.15) is 39.3 Å². The molecule has 0 amide bonds. The second-order valence-electron chi connectivity index (χ2n) is 16.9. The summed E-state index contributed by atoms with van der Waals surface area (Å²) in [4.78, 5) is 10.8. The van der Waals surface area contributed by atoms with Crippen molar-refractivity contribution < 1.29 is 4.42 Å². The van der Waals surface area contributed by atoms with E-state index >= 15 is 0 Å². The van der Waals surface area contributed by atoms with Crippen molar-refractivity contribution in [2.24, 2.45) is 9.98 Å². The second kappa shape index (κ2) is 13.7. The fourth-order valence-electron chi connectivity index (χ4n) is 10.4. The van der Waals surface area contributed by atoms with Crippen LogP contribution in [-0.2, 0) is 0 Å². The van der Waals surface area contributed by atoms with Crippen molar-refractivity contribution in [3.63, 3.8) is 0 Å². The number of nitrogens with zero attached hydrogens (tertiary/aromatic N) is 2. The first-order chi connectivity index (χ1) is 31.7. The molecule has 296 valence electrons. The van der Waals surface area contributed by atoms with Gasteiger partial charge in [0.2, 0.25) is 0 Å². The lowest BCUT2D eigenvalue weighted by Crippen LogP contribution is -2.06. The van der Waals surface area contributed by atoms with E-state index in [-0.39, 0.29) is 5.92 Å². The highest BCUT2D eigenvalue weighted by Gasteiger charge is 2.35. The van der Waals surface area contributed by atoms with Gasteiger partial charge in [0.15, 0.2) is 5.84 Å². The number of hydrogen-bond donors (Lipinski definition) is 0. The Morgan fingerprint density at radius 2 is 1.11 bits per heavy atom. The van der Waals surface area contributed by atoms with Crippen molar-refractivity contribution in [3.05, 3.63) is 239 Å². The van der Waals surface area contributed by atoms with E-state index in [4.69, 9.17) is 14.4 Å². The summed E-state index contributed by atoms with van der Waals surface area (Å²) < 4.78 is 9.70. The molecular weight excluding hydrogens is 797 g/mol. The van der Waals surface area contributed by atoms with Crippen LogP contribution in [0.5, 0.6) is 0 Å². The topological polar surface area (TPSA) is 37.9 Å². The number of aliphatic imine (C=N–C) groups is 2. The van der Waals surface area contributed by atoms with E-state index in [9.17, 15) is 0 Å². The first kappa shape index (κ1) is 35.5. The Kier molecular flexibility index (Phi) is 7.58. The quantitative estimate of drug-likeness (QED) is 0.163. The molecule has 64 heavy (non-hydrogen) atoms. The zero-order valence-electron chi connectivity index (χ0n) is 34.3. The Labute approximate surface area is 371 Å². The normalized spacial score (nSPS) is 14.7. The summed E-state index contributed by atoms with van der Waals surface area (Å²) in [6.45, 7) is 0. The predicted molar refractivity (Wildman–Crippen MR) is 269 cm³/mol. The molecule has 14 rings (SSSR count). The number of rotatable bonds is 4. The summed E-state index contributed by atoms with van der Waals surface area (Å²) in [5.41, 5.74) is 16.1. The van der Waals surface area contributed by atoms with Gasteiger partial charge in [0.25, 0.3) is 0 Å². The third-order valence-electron chi connectivity index (χ3n) is 13.3. The van der Waals surface area contributed by atoms with Gasteiger partial charge in [-0.1, -0.05) is 157 Å². The minimum Gasteiger partial charge on any atom is -0.455 e. The summed E-state index contributed by atoms with van der Waals surface area (Å²) >= 11 is 1.81. The molecule has 4 heteroatoms. The molecular formula is C60H34N2OS. The van der Waals surface area contributed by atoms with Crippen molar-refractivity contribution in [2.45, 2.75) is 5.92 Å². The van der Waals surface area contributed by atoms with E-state index < -0.39 is 0 Å². The zero-order valence-corrected chi connectivity index (χ0v) is 35.2. The van der Waals surface area contributed by atoms with Crippen molar-refractivity contribution in [2.75, 3.05) is 0 Å². The van der Waals surface area contributed by atoms with Crippen LogP contribution < -0.4 is 0 Å². The predicted octanol–water partition coefficient (Wildman–Crippen LogP) is 16.0. The van der Waals surface area contributed by atoms with Gasteiger partial charge in [0.05, 0.1) is 5.71 Å². The Morgan fingerprint density at radius 3 is 1.97 bits per heavy atom. The van der Waals surface area contributed by atoms with Crippen molar-refractivity contribution in [1.82, 2.24) is 0 Å². The first-order valence-electron chi connectivity index (χ1n) is 21.7. The van der Waals surface area contributed by atoms with E-state index in [0.29, 0.717) is 5.84 Å². The molecule has 1 unspecified atom stereocenters. The highest BCUT2D eigenvalue weighted by molar-refractivity contribution is 7.25. The Morgan fingerprint density at radius 1 is 0.422 bits per heavy atom. The molecule has 10 aromatic carbocycles.